The molecule has 2 aromatic rings. The number of hydrogen-bond acceptors (Lipinski definition) is 10. The number of aromatic nitrogens is 4. The Morgan fingerprint density at radius 2 is 1.88 bits per heavy atom. The average molecular weight is 333 g/mol. The number of anilines is 3. The molecule has 0 aliphatic rings. The Kier molecular flexibility index (Phi) is 4.68. The summed E-state index contributed by atoms with van der Waals surface area (Å²) in [5.74, 6) is -1.07. The molecule has 1 amide bonds. The van der Waals surface area contributed by atoms with Crippen LogP contribution in [-0.4, -0.2) is 38.7 Å². The van der Waals surface area contributed by atoms with Crippen molar-refractivity contribution in [1.29, 1.82) is 0 Å². The van der Waals surface area contributed by atoms with E-state index in [0.717, 1.165) is 0 Å². The lowest BCUT2D eigenvalue weighted by molar-refractivity contribution is -0.114. The van der Waals surface area contributed by atoms with Crippen LogP contribution in [-0.2, 0) is 16.6 Å². The molecule has 0 saturated heterocycles. The van der Waals surface area contributed by atoms with Crippen molar-refractivity contribution >= 4 is 41.0 Å². The fourth-order valence-corrected chi connectivity index (χ4v) is 1.71. The lowest BCUT2D eigenvalue weighted by Crippen LogP contribution is -2.11. The number of methoxy groups -OCH3 is 1. The van der Waals surface area contributed by atoms with Crippen LogP contribution in [0.2, 0.25) is 0 Å². The van der Waals surface area contributed by atoms with Gasteiger partial charge in [0.15, 0.2) is 23.1 Å². The number of esters is 1. The van der Waals surface area contributed by atoms with E-state index in [1.807, 2.05) is 0 Å². The molecule has 0 aromatic carbocycles. The van der Waals surface area contributed by atoms with E-state index < -0.39 is 5.97 Å². The smallest absolute Gasteiger partial charge is 0.343 e. The number of aryl methyl sites for hydroxylation is 1. The fourth-order valence-electron chi connectivity index (χ4n) is 1.71. The fraction of sp³-hybridized carbons (Fsp3) is 0.250. The van der Waals surface area contributed by atoms with E-state index in [4.69, 9.17) is 11.5 Å². The summed E-state index contributed by atoms with van der Waals surface area (Å²) in [5, 5.41) is 14.1. The highest BCUT2D eigenvalue weighted by Crippen LogP contribution is 2.30. The second-order valence-electron chi connectivity index (χ2n) is 4.54. The molecule has 0 radical (unpaired) electrons. The number of carbonyl (C=O) groups excluding carboxylic acids is 2. The van der Waals surface area contributed by atoms with Crippen molar-refractivity contribution < 1.29 is 14.3 Å². The van der Waals surface area contributed by atoms with Gasteiger partial charge in [-0.2, -0.15) is 15.1 Å². The molecule has 12 heteroatoms. The number of amides is 1. The summed E-state index contributed by atoms with van der Waals surface area (Å²) < 4.78 is 5.96. The van der Waals surface area contributed by atoms with Crippen LogP contribution in [0, 0.1) is 0 Å². The predicted octanol–water partition coefficient (Wildman–Crippen LogP) is 0.535. The molecule has 0 bridgehead atoms. The van der Waals surface area contributed by atoms with Crippen molar-refractivity contribution in [3.8, 4) is 0 Å². The molecule has 12 nitrogen and oxygen atoms in total. The Morgan fingerprint density at radius 1 is 1.25 bits per heavy atom. The van der Waals surface area contributed by atoms with Crippen molar-refractivity contribution in [2.45, 2.75) is 6.92 Å². The molecule has 0 aliphatic carbocycles. The summed E-state index contributed by atoms with van der Waals surface area (Å²) in [6.07, 6.45) is 1.29. The molecule has 126 valence electrons. The molecular weight excluding hydrogens is 318 g/mol. The number of nitrogen functional groups attached to an aromatic ring is 2. The highest BCUT2D eigenvalue weighted by atomic mass is 16.5. The molecular formula is C12H15N9O3. The maximum atomic E-state index is 11.6. The van der Waals surface area contributed by atoms with Gasteiger partial charge in [-0.1, -0.05) is 0 Å². The number of nitrogens with zero attached hydrogens (tertiary/aromatic N) is 6. The number of hydrogen-bond donors (Lipinski definition) is 3. The first-order chi connectivity index (χ1) is 11.3. The SMILES string of the molecule is COC(=O)c1cnn(C)c1/N=N/c1c(N)nc(NC(C)=O)nc1N. The van der Waals surface area contributed by atoms with Crippen molar-refractivity contribution in [3.05, 3.63) is 11.8 Å². The van der Waals surface area contributed by atoms with Gasteiger partial charge in [-0.25, -0.2) is 9.48 Å². The Labute approximate surface area is 135 Å². The first-order valence-corrected chi connectivity index (χ1v) is 6.56. The van der Waals surface area contributed by atoms with Crippen LogP contribution in [0.1, 0.15) is 17.3 Å². The Bertz CT molecular complexity index is 804. The minimum Gasteiger partial charge on any atom is -0.465 e. The van der Waals surface area contributed by atoms with Gasteiger partial charge in [0.05, 0.1) is 13.3 Å². The van der Waals surface area contributed by atoms with Crippen LogP contribution in [0.4, 0.5) is 29.1 Å². The second kappa shape index (κ2) is 6.68. The van der Waals surface area contributed by atoms with Crippen molar-refractivity contribution in [2.24, 2.45) is 17.3 Å². The minimum atomic E-state index is -0.616. The molecule has 0 saturated carbocycles. The molecule has 2 aromatic heterocycles. The summed E-state index contributed by atoms with van der Waals surface area (Å²) in [6.45, 7) is 1.29. The van der Waals surface area contributed by atoms with Crippen molar-refractivity contribution in [3.63, 3.8) is 0 Å². The highest BCUT2D eigenvalue weighted by molar-refractivity contribution is 5.93. The first kappa shape index (κ1) is 16.8. The Morgan fingerprint density at radius 3 is 2.42 bits per heavy atom. The van der Waals surface area contributed by atoms with Gasteiger partial charge >= 0.3 is 5.97 Å². The Hall–Kier alpha value is -3.57. The van der Waals surface area contributed by atoms with E-state index in [2.05, 4.69) is 35.3 Å². The summed E-state index contributed by atoms with van der Waals surface area (Å²) in [4.78, 5) is 30.4. The number of carbonyl (C=O) groups is 2. The third-order valence-corrected chi connectivity index (χ3v) is 2.78. The monoisotopic (exact) mass is 333 g/mol. The molecule has 0 spiro atoms. The molecule has 0 fully saturated rings. The highest BCUT2D eigenvalue weighted by Gasteiger charge is 2.17. The van der Waals surface area contributed by atoms with Gasteiger partial charge in [-0.05, 0) is 0 Å². The molecule has 5 N–H and O–H groups in total. The van der Waals surface area contributed by atoms with E-state index in [0.29, 0.717) is 0 Å². The summed E-state index contributed by atoms with van der Waals surface area (Å²) in [5.41, 5.74) is 11.6. The molecule has 2 rings (SSSR count). The normalized spacial score (nSPS) is 10.8. The van der Waals surface area contributed by atoms with Crippen LogP contribution < -0.4 is 16.8 Å². The van der Waals surface area contributed by atoms with Gasteiger partial charge in [0.25, 0.3) is 0 Å². The van der Waals surface area contributed by atoms with Crippen LogP contribution in [0.3, 0.4) is 0 Å². The van der Waals surface area contributed by atoms with Crippen LogP contribution >= 0.6 is 0 Å². The third-order valence-electron chi connectivity index (χ3n) is 2.78. The molecule has 0 aliphatic heterocycles. The Balaban J connectivity index is 2.38. The van der Waals surface area contributed by atoms with Crippen molar-refractivity contribution in [2.75, 3.05) is 23.9 Å². The summed E-state index contributed by atoms with van der Waals surface area (Å²) in [7, 11) is 2.81. The zero-order valence-electron chi connectivity index (χ0n) is 13.1. The maximum Gasteiger partial charge on any atom is 0.343 e. The minimum absolute atomic E-state index is 0.00104. The van der Waals surface area contributed by atoms with Gasteiger partial charge < -0.3 is 16.2 Å². The zero-order valence-corrected chi connectivity index (χ0v) is 13.1. The van der Waals surface area contributed by atoms with Gasteiger partial charge in [0, 0.05) is 14.0 Å². The topological polar surface area (TPSA) is 176 Å². The molecule has 0 atom stereocenters. The largest absolute Gasteiger partial charge is 0.465 e. The molecule has 24 heavy (non-hydrogen) atoms. The predicted molar refractivity (Wildman–Crippen MR) is 83.9 cm³/mol. The third kappa shape index (κ3) is 3.43. The van der Waals surface area contributed by atoms with Gasteiger partial charge in [-0.15, -0.1) is 10.2 Å². The first-order valence-electron chi connectivity index (χ1n) is 6.56. The van der Waals surface area contributed by atoms with Gasteiger partial charge in [0.2, 0.25) is 11.9 Å². The number of ether oxygens (including phenoxy) is 1. The lowest BCUT2D eigenvalue weighted by atomic mass is 10.3. The van der Waals surface area contributed by atoms with Crippen LogP contribution in [0.25, 0.3) is 0 Å². The van der Waals surface area contributed by atoms with Crippen LogP contribution in [0.5, 0.6) is 0 Å². The zero-order chi connectivity index (χ0) is 17.9. The molecule has 0 unspecified atom stereocenters. The standard InChI is InChI=1S/C12H15N9O3/c1-5(22)16-12-17-8(13)7(9(14)18-12)19-20-10-6(11(23)24-3)4-15-21(10)2/h4H,1-3H3,(H5,13,14,16,17,18,22)/b20-19+. The quantitative estimate of drug-likeness (QED) is 0.536. The maximum absolute atomic E-state index is 11.6. The number of azo groups is 1. The van der Waals surface area contributed by atoms with Gasteiger partial charge in [0.1, 0.15) is 5.56 Å². The van der Waals surface area contributed by atoms with Crippen molar-refractivity contribution in [1.82, 2.24) is 19.7 Å². The summed E-state index contributed by atoms with van der Waals surface area (Å²) >= 11 is 0. The number of nitrogens with two attached hydrogens (primary N) is 2. The number of rotatable bonds is 4. The summed E-state index contributed by atoms with van der Waals surface area (Å²) in [6, 6.07) is 0. The van der Waals surface area contributed by atoms with E-state index in [1.165, 1.54) is 24.9 Å². The van der Waals surface area contributed by atoms with Crippen LogP contribution in [0.15, 0.2) is 16.4 Å². The second-order valence-corrected chi connectivity index (χ2v) is 4.54. The van der Waals surface area contributed by atoms with E-state index in [9.17, 15) is 9.59 Å². The van der Waals surface area contributed by atoms with Gasteiger partial charge in [-0.3, -0.25) is 10.1 Å². The van der Waals surface area contributed by atoms with E-state index >= 15 is 0 Å². The molecule has 2 heterocycles. The van der Waals surface area contributed by atoms with E-state index in [-0.39, 0.29) is 40.6 Å². The lowest BCUT2D eigenvalue weighted by Gasteiger charge is -2.06. The van der Waals surface area contributed by atoms with E-state index in [1.54, 1.807) is 7.05 Å². The number of nitrogens with one attached hydrogen (secondary N) is 1. The average Bonchev–Trinajstić information content (AvgIpc) is 2.86.